The molecule has 1 N–H and O–H groups in total. The highest BCUT2D eigenvalue weighted by molar-refractivity contribution is 6.43. The van der Waals surface area contributed by atoms with E-state index in [9.17, 15) is 9.59 Å². The summed E-state index contributed by atoms with van der Waals surface area (Å²) in [5, 5.41) is 9.92. The summed E-state index contributed by atoms with van der Waals surface area (Å²) in [6.45, 7) is 3.16. The van der Waals surface area contributed by atoms with Gasteiger partial charge >= 0.3 is 5.97 Å². The number of nitrogens with zero attached hydrogens (tertiary/aromatic N) is 1. The Morgan fingerprint density at radius 1 is 1.29 bits per heavy atom. The monoisotopic (exact) mass is 351 g/mol. The Balaban J connectivity index is 3.37. The van der Waals surface area contributed by atoms with Crippen LogP contribution in [-0.2, 0) is 16.0 Å². The van der Waals surface area contributed by atoms with Gasteiger partial charge in [-0.2, -0.15) is 0 Å². The van der Waals surface area contributed by atoms with Gasteiger partial charge in [-0.05, 0) is 24.5 Å². The molecule has 7 heteroatoms. The van der Waals surface area contributed by atoms with Gasteiger partial charge in [0.2, 0.25) is 5.91 Å². The van der Waals surface area contributed by atoms with Crippen LogP contribution in [0, 0.1) is 5.92 Å². The van der Waals surface area contributed by atoms with Crippen molar-refractivity contribution in [3.05, 3.63) is 26.7 Å². The van der Waals surface area contributed by atoms with Crippen LogP contribution in [0.1, 0.15) is 25.8 Å². The van der Waals surface area contributed by atoms with Crippen molar-refractivity contribution >= 4 is 52.4 Å². The second-order valence-corrected chi connectivity index (χ2v) is 5.90. The number of aliphatic carboxylic acids is 1. The standard InChI is InChI=1S/C14H16Cl3NO3/c1-4-8(14(20)21)5-9-10(15)6-11(16)13(12(9)17)18(3)7(2)19/h6,8H,4-5H2,1-3H3,(H,20,21). The predicted octanol–water partition coefficient (Wildman–Crippen LogP) is 4.28. The number of hydrogen-bond acceptors (Lipinski definition) is 2. The van der Waals surface area contributed by atoms with Gasteiger partial charge in [-0.25, -0.2) is 0 Å². The van der Waals surface area contributed by atoms with Gasteiger partial charge in [0.25, 0.3) is 0 Å². The van der Waals surface area contributed by atoms with Crippen LogP contribution in [0.25, 0.3) is 0 Å². The van der Waals surface area contributed by atoms with E-state index in [-0.39, 0.29) is 22.4 Å². The lowest BCUT2D eigenvalue weighted by molar-refractivity contribution is -0.141. The Kier molecular flexibility index (Phi) is 6.32. The lowest BCUT2D eigenvalue weighted by atomic mass is 9.96. The summed E-state index contributed by atoms with van der Waals surface area (Å²) in [5.41, 5.74) is 0.825. The molecule has 0 aliphatic carbocycles. The van der Waals surface area contributed by atoms with Crippen LogP contribution in [0.4, 0.5) is 5.69 Å². The zero-order chi connectivity index (χ0) is 16.3. The van der Waals surface area contributed by atoms with Gasteiger partial charge in [0, 0.05) is 19.0 Å². The van der Waals surface area contributed by atoms with Crippen LogP contribution in [0.2, 0.25) is 15.1 Å². The number of carbonyl (C=O) groups excluding carboxylic acids is 1. The number of benzene rings is 1. The molecule has 116 valence electrons. The number of amides is 1. The van der Waals surface area contributed by atoms with Crippen molar-refractivity contribution in [1.29, 1.82) is 0 Å². The van der Waals surface area contributed by atoms with E-state index in [1.54, 1.807) is 14.0 Å². The zero-order valence-corrected chi connectivity index (χ0v) is 14.2. The molecule has 0 aromatic heterocycles. The van der Waals surface area contributed by atoms with Crippen molar-refractivity contribution in [2.45, 2.75) is 26.7 Å². The highest BCUT2D eigenvalue weighted by Crippen LogP contribution is 2.41. The van der Waals surface area contributed by atoms with Crippen molar-refractivity contribution in [1.82, 2.24) is 0 Å². The molecule has 0 aliphatic heterocycles. The van der Waals surface area contributed by atoms with Crippen LogP contribution in [0.3, 0.4) is 0 Å². The number of halogens is 3. The maximum Gasteiger partial charge on any atom is 0.306 e. The maximum absolute atomic E-state index is 11.5. The SMILES string of the molecule is CCC(Cc1c(Cl)cc(Cl)c(N(C)C(C)=O)c1Cl)C(=O)O. The summed E-state index contributed by atoms with van der Waals surface area (Å²) in [5.74, 6) is -1.75. The normalized spacial score (nSPS) is 12.1. The van der Waals surface area contributed by atoms with Crippen molar-refractivity contribution in [2.75, 3.05) is 11.9 Å². The second kappa shape index (κ2) is 7.34. The molecule has 1 unspecified atom stereocenters. The molecule has 0 fully saturated rings. The Morgan fingerprint density at radius 2 is 1.86 bits per heavy atom. The first kappa shape index (κ1) is 18.1. The van der Waals surface area contributed by atoms with Crippen molar-refractivity contribution < 1.29 is 14.7 Å². The molecule has 0 heterocycles. The third-order valence-electron chi connectivity index (χ3n) is 3.34. The van der Waals surface area contributed by atoms with Crippen LogP contribution >= 0.6 is 34.8 Å². The first-order valence-corrected chi connectivity index (χ1v) is 7.47. The highest BCUT2D eigenvalue weighted by Gasteiger charge is 2.24. The molecule has 0 aliphatic rings. The van der Waals surface area contributed by atoms with Crippen LogP contribution < -0.4 is 4.90 Å². The van der Waals surface area contributed by atoms with E-state index in [0.29, 0.717) is 22.7 Å². The van der Waals surface area contributed by atoms with Crippen LogP contribution in [0.5, 0.6) is 0 Å². The molecule has 21 heavy (non-hydrogen) atoms. The number of anilines is 1. The quantitative estimate of drug-likeness (QED) is 0.860. The van der Waals surface area contributed by atoms with Crippen molar-refractivity contribution in [2.24, 2.45) is 5.92 Å². The van der Waals surface area contributed by atoms with E-state index in [4.69, 9.17) is 39.9 Å². The van der Waals surface area contributed by atoms with Gasteiger partial charge in [0.1, 0.15) is 0 Å². The molecule has 1 rings (SSSR count). The summed E-state index contributed by atoms with van der Waals surface area (Å²) in [6, 6.07) is 1.48. The maximum atomic E-state index is 11.5. The van der Waals surface area contributed by atoms with E-state index in [0.717, 1.165) is 0 Å². The third kappa shape index (κ3) is 4.02. The number of rotatable bonds is 5. The average molecular weight is 353 g/mol. The van der Waals surface area contributed by atoms with Gasteiger partial charge in [-0.1, -0.05) is 41.7 Å². The first-order valence-electron chi connectivity index (χ1n) is 6.34. The molecule has 1 amide bonds. The van der Waals surface area contributed by atoms with E-state index in [1.807, 2.05) is 0 Å². The molecule has 4 nitrogen and oxygen atoms in total. The Bertz CT molecular complexity index is 575. The van der Waals surface area contributed by atoms with E-state index in [1.165, 1.54) is 17.9 Å². The Morgan fingerprint density at radius 3 is 2.29 bits per heavy atom. The Labute approximate surface area is 138 Å². The number of carboxylic acids is 1. The molecule has 0 saturated carbocycles. The lowest BCUT2D eigenvalue weighted by Gasteiger charge is -2.22. The third-order valence-corrected chi connectivity index (χ3v) is 4.37. The highest BCUT2D eigenvalue weighted by atomic mass is 35.5. The molecule has 1 aromatic rings. The molecule has 0 radical (unpaired) electrons. The minimum atomic E-state index is -0.916. The number of carbonyl (C=O) groups is 2. The smallest absolute Gasteiger partial charge is 0.306 e. The fourth-order valence-corrected chi connectivity index (χ4v) is 3.10. The lowest BCUT2D eigenvalue weighted by Crippen LogP contribution is -2.24. The summed E-state index contributed by atoms with van der Waals surface area (Å²) >= 11 is 18.5. The van der Waals surface area contributed by atoms with E-state index >= 15 is 0 Å². The summed E-state index contributed by atoms with van der Waals surface area (Å²) < 4.78 is 0. The molecular weight excluding hydrogens is 337 g/mol. The Hall–Kier alpha value is -0.970. The molecule has 1 aromatic carbocycles. The predicted molar refractivity (Wildman–Crippen MR) is 85.7 cm³/mol. The fourth-order valence-electron chi connectivity index (χ4n) is 1.92. The van der Waals surface area contributed by atoms with Gasteiger partial charge in [-0.3, -0.25) is 9.59 Å². The van der Waals surface area contributed by atoms with Gasteiger partial charge in [-0.15, -0.1) is 0 Å². The van der Waals surface area contributed by atoms with E-state index < -0.39 is 11.9 Å². The zero-order valence-electron chi connectivity index (χ0n) is 11.9. The van der Waals surface area contributed by atoms with Gasteiger partial charge < -0.3 is 10.0 Å². The van der Waals surface area contributed by atoms with E-state index in [2.05, 4.69) is 0 Å². The molecular formula is C14H16Cl3NO3. The molecule has 1 atom stereocenters. The molecule has 0 spiro atoms. The van der Waals surface area contributed by atoms with Crippen molar-refractivity contribution in [3.8, 4) is 0 Å². The van der Waals surface area contributed by atoms with Gasteiger partial charge in [0.05, 0.1) is 21.7 Å². The largest absolute Gasteiger partial charge is 0.481 e. The summed E-state index contributed by atoms with van der Waals surface area (Å²) in [6.07, 6.45) is 0.627. The van der Waals surface area contributed by atoms with Crippen molar-refractivity contribution in [3.63, 3.8) is 0 Å². The number of hydrogen-bond donors (Lipinski definition) is 1. The van der Waals surface area contributed by atoms with Gasteiger partial charge in [0.15, 0.2) is 0 Å². The topological polar surface area (TPSA) is 57.6 Å². The van der Waals surface area contributed by atoms with Crippen LogP contribution in [0.15, 0.2) is 6.07 Å². The fraction of sp³-hybridized carbons (Fsp3) is 0.429. The molecule has 0 saturated heterocycles. The summed E-state index contributed by atoms with van der Waals surface area (Å²) in [4.78, 5) is 24.0. The first-order chi connectivity index (χ1) is 9.70. The minimum absolute atomic E-state index is 0.180. The molecule has 0 bridgehead atoms. The second-order valence-electron chi connectivity index (χ2n) is 4.71. The minimum Gasteiger partial charge on any atom is -0.481 e. The number of carboxylic acid groups (broad SMARTS) is 1. The summed E-state index contributed by atoms with van der Waals surface area (Å²) in [7, 11) is 1.54. The average Bonchev–Trinajstić information content (AvgIpc) is 2.37. The van der Waals surface area contributed by atoms with Crippen LogP contribution in [-0.4, -0.2) is 24.0 Å².